The van der Waals surface area contributed by atoms with Crippen molar-refractivity contribution in [1.82, 2.24) is 20.9 Å². The maximum Gasteiger partial charge on any atom is 0.251 e. The largest absolute Gasteiger partial charge is 0.356 e. The van der Waals surface area contributed by atoms with Gasteiger partial charge in [0.05, 0.1) is 10.7 Å². The van der Waals surface area contributed by atoms with Gasteiger partial charge in [-0.05, 0) is 38.5 Å². The van der Waals surface area contributed by atoms with E-state index in [0.29, 0.717) is 18.7 Å². The molecule has 7 heteroatoms. The van der Waals surface area contributed by atoms with Gasteiger partial charge in [0.1, 0.15) is 0 Å². The van der Waals surface area contributed by atoms with E-state index in [2.05, 4.69) is 32.9 Å². The van der Waals surface area contributed by atoms with Crippen LogP contribution in [0.2, 0.25) is 0 Å². The Hall–Kier alpha value is -2.41. The lowest BCUT2D eigenvalue weighted by molar-refractivity contribution is 0.0956. The number of amides is 1. The van der Waals surface area contributed by atoms with Gasteiger partial charge in [0.25, 0.3) is 5.91 Å². The molecule has 3 N–H and O–H groups in total. The first-order valence-electron chi connectivity index (χ1n) is 8.78. The molecule has 0 unspecified atom stereocenters. The number of hydrogen-bond donors (Lipinski definition) is 3. The fourth-order valence-corrected chi connectivity index (χ4v) is 3.31. The highest BCUT2D eigenvalue weighted by atomic mass is 32.1. The predicted octanol–water partition coefficient (Wildman–Crippen LogP) is 2.42. The molecule has 1 aromatic carbocycles. The van der Waals surface area contributed by atoms with Crippen LogP contribution >= 0.6 is 11.3 Å². The van der Waals surface area contributed by atoms with Crippen molar-refractivity contribution in [1.29, 1.82) is 0 Å². The first-order valence-corrected chi connectivity index (χ1v) is 9.59. The second-order valence-corrected chi connectivity index (χ2v) is 7.20. The van der Waals surface area contributed by atoms with Crippen LogP contribution in [0.5, 0.6) is 0 Å². The van der Waals surface area contributed by atoms with E-state index in [0.717, 1.165) is 35.2 Å². The lowest BCUT2D eigenvalue weighted by Crippen LogP contribution is -2.37. The number of aliphatic imine (C=N–C) groups is 1. The van der Waals surface area contributed by atoms with Crippen LogP contribution in [0.4, 0.5) is 0 Å². The van der Waals surface area contributed by atoms with E-state index in [9.17, 15) is 4.79 Å². The predicted molar refractivity (Wildman–Crippen MR) is 108 cm³/mol. The number of aromatic nitrogens is 1. The van der Waals surface area contributed by atoms with Gasteiger partial charge in [0.15, 0.2) is 5.96 Å². The minimum Gasteiger partial charge on any atom is -0.356 e. The Bertz CT molecular complexity index is 732. The van der Waals surface area contributed by atoms with Crippen LogP contribution < -0.4 is 16.0 Å². The van der Waals surface area contributed by atoms with Gasteiger partial charge in [0, 0.05) is 43.5 Å². The average molecular weight is 374 g/mol. The molecule has 0 aliphatic heterocycles. The summed E-state index contributed by atoms with van der Waals surface area (Å²) in [4.78, 5) is 21.8. The van der Waals surface area contributed by atoms with Gasteiger partial charge in [-0.2, -0.15) is 0 Å². The van der Waals surface area contributed by atoms with Gasteiger partial charge >= 0.3 is 0 Å². The molecule has 140 valence electrons. The Morgan fingerprint density at radius 1 is 1.15 bits per heavy atom. The molecule has 1 heterocycles. The molecule has 0 saturated carbocycles. The Balaban J connectivity index is 1.78. The summed E-state index contributed by atoms with van der Waals surface area (Å²) in [6.07, 6.45) is 0.876. The maximum absolute atomic E-state index is 11.8. The average Bonchev–Trinajstić information content (AvgIpc) is 2.96. The van der Waals surface area contributed by atoms with E-state index in [4.69, 9.17) is 0 Å². The molecule has 0 aliphatic carbocycles. The maximum atomic E-state index is 11.8. The molecule has 0 bridgehead atoms. The number of nitrogens with one attached hydrogen (secondary N) is 3. The molecule has 0 radical (unpaired) electrons. The highest BCUT2D eigenvalue weighted by Gasteiger charge is 2.05. The third-order valence-corrected chi connectivity index (χ3v) is 5.07. The zero-order valence-corrected chi connectivity index (χ0v) is 16.7. The minimum atomic E-state index is -0.0443. The smallest absolute Gasteiger partial charge is 0.251 e. The van der Waals surface area contributed by atoms with Crippen molar-refractivity contribution in [2.75, 3.05) is 20.1 Å². The SMILES string of the molecule is CCNC(=O)c1ccc(CNC(=NC)NCCc2nc(C)c(C)s2)cc1. The molecule has 2 rings (SSSR count). The summed E-state index contributed by atoms with van der Waals surface area (Å²) >= 11 is 1.75. The zero-order chi connectivity index (χ0) is 18.9. The second-order valence-electron chi connectivity index (χ2n) is 5.91. The third-order valence-electron chi connectivity index (χ3n) is 3.94. The molecular weight excluding hydrogens is 346 g/mol. The van der Waals surface area contributed by atoms with E-state index >= 15 is 0 Å². The highest BCUT2D eigenvalue weighted by molar-refractivity contribution is 7.11. The number of thiazole rings is 1. The number of benzene rings is 1. The molecular formula is C19H27N5OS. The quantitative estimate of drug-likeness (QED) is 0.514. The summed E-state index contributed by atoms with van der Waals surface area (Å²) in [7, 11) is 1.76. The van der Waals surface area contributed by atoms with E-state index in [-0.39, 0.29) is 5.91 Å². The van der Waals surface area contributed by atoms with Gasteiger partial charge in [-0.15, -0.1) is 11.3 Å². The number of carbonyl (C=O) groups is 1. The van der Waals surface area contributed by atoms with Crippen molar-refractivity contribution in [3.05, 3.63) is 51.0 Å². The van der Waals surface area contributed by atoms with Crippen LogP contribution in [-0.2, 0) is 13.0 Å². The normalized spacial score (nSPS) is 11.3. The second kappa shape index (κ2) is 9.91. The Kier molecular flexibility index (Phi) is 7.59. The molecule has 0 spiro atoms. The van der Waals surface area contributed by atoms with Crippen molar-refractivity contribution < 1.29 is 4.79 Å². The van der Waals surface area contributed by atoms with Gasteiger partial charge in [0.2, 0.25) is 0 Å². The molecule has 0 atom stereocenters. The van der Waals surface area contributed by atoms with Crippen LogP contribution in [0.1, 0.15) is 38.4 Å². The summed E-state index contributed by atoms with van der Waals surface area (Å²) in [5.74, 6) is 0.708. The van der Waals surface area contributed by atoms with Crippen molar-refractivity contribution in [3.63, 3.8) is 0 Å². The third kappa shape index (κ3) is 5.84. The number of guanidine groups is 1. The molecule has 0 saturated heterocycles. The van der Waals surface area contributed by atoms with Gasteiger partial charge < -0.3 is 16.0 Å². The fraction of sp³-hybridized carbons (Fsp3) is 0.421. The summed E-state index contributed by atoms with van der Waals surface area (Å²) < 4.78 is 0. The van der Waals surface area contributed by atoms with E-state index in [1.807, 2.05) is 38.1 Å². The molecule has 1 aromatic heterocycles. The Labute approximate surface area is 159 Å². The van der Waals surface area contributed by atoms with Gasteiger partial charge in [-0.25, -0.2) is 4.98 Å². The molecule has 0 aliphatic rings. The van der Waals surface area contributed by atoms with E-state index in [1.54, 1.807) is 18.4 Å². The monoisotopic (exact) mass is 373 g/mol. The number of aryl methyl sites for hydroxylation is 2. The van der Waals surface area contributed by atoms with Crippen molar-refractivity contribution in [2.45, 2.75) is 33.7 Å². The molecule has 26 heavy (non-hydrogen) atoms. The summed E-state index contributed by atoms with van der Waals surface area (Å²) in [6, 6.07) is 7.58. The number of hydrogen-bond acceptors (Lipinski definition) is 4. The number of rotatable bonds is 7. The molecule has 6 nitrogen and oxygen atoms in total. The Morgan fingerprint density at radius 2 is 1.88 bits per heavy atom. The molecule has 0 fully saturated rings. The molecule has 2 aromatic rings. The zero-order valence-electron chi connectivity index (χ0n) is 15.8. The lowest BCUT2D eigenvalue weighted by atomic mass is 10.1. The van der Waals surface area contributed by atoms with Crippen LogP contribution in [0, 0.1) is 13.8 Å². The first kappa shape index (κ1) is 19.9. The van der Waals surface area contributed by atoms with E-state index < -0.39 is 0 Å². The lowest BCUT2D eigenvalue weighted by Gasteiger charge is -2.11. The fourth-order valence-electron chi connectivity index (χ4n) is 2.38. The van der Waals surface area contributed by atoms with Crippen LogP contribution in [0.15, 0.2) is 29.3 Å². The van der Waals surface area contributed by atoms with Crippen molar-refractivity contribution in [3.8, 4) is 0 Å². The van der Waals surface area contributed by atoms with Crippen LogP contribution in [0.25, 0.3) is 0 Å². The molecule has 1 amide bonds. The van der Waals surface area contributed by atoms with Crippen molar-refractivity contribution in [2.24, 2.45) is 4.99 Å². The number of nitrogens with zero attached hydrogens (tertiary/aromatic N) is 2. The van der Waals surface area contributed by atoms with Crippen LogP contribution in [0.3, 0.4) is 0 Å². The summed E-state index contributed by atoms with van der Waals surface area (Å²) in [6.45, 7) is 8.10. The topological polar surface area (TPSA) is 78.4 Å². The standard InChI is InChI=1S/C19H27N5OS/c1-5-21-18(25)16-8-6-15(7-9-16)12-23-19(20-4)22-11-10-17-24-13(2)14(3)26-17/h6-9H,5,10-12H2,1-4H3,(H,21,25)(H2,20,22,23). The summed E-state index contributed by atoms with van der Waals surface area (Å²) in [5, 5.41) is 10.5. The Morgan fingerprint density at radius 3 is 2.46 bits per heavy atom. The minimum absolute atomic E-state index is 0.0443. The van der Waals surface area contributed by atoms with E-state index in [1.165, 1.54) is 4.88 Å². The first-order chi connectivity index (χ1) is 12.5. The number of carbonyl (C=O) groups excluding carboxylic acids is 1. The highest BCUT2D eigenvalue weighted by Crippen LogP contribution is 2.16. The van der Waals surface area contributed by atoms with Crippen LogP contribution in [-0.4, -0.2) is 37.0 Å². The van der Waals surface area contributed by atoms with Crippen molar-refractivity contribution >= 4 is 23.2 Å². The van der Waals surface area contributed by atoms with Gasteiger partial charge in [-0.3, -0.25) is 9.79 Å². The van der Waals surface area contributed by atoms with Gasteiger partial charge in [-0.1, -0.05) is 12.1 Å². The summed E-state index contributed by atoms with van der Waals surface area (Å²) in [5.41, 5.74) is 2.88.